The molecule has 39 heavy (non-hydrogen) atoms. The number of nitrogens with zero attached hydrogens (tertiary/aromatic N) is 1. The smallest absolute Gasteiger partial charge is 0.266 e. The highest BCUT2D eigenvalue weighted by molar-refractivity contribution is 7.91. The Labute approximate surface area is 232 Å². The first-order chi connectivity index (χ1) is 18.7. The fraction of sp³-hybridized carbons (Fsp3) is 0.357. The first-order valence-corrected chi connectivity index (χ1v) is 15.9. The van der Waals surface area contributed by atoms with Gasteiger partial charge in [-0.2, -0.15) is 4.72 Å². The third-order valence-corrected chi connectivity index (χ3v) is 8.49. The second-order valence-corrected chi connectivity index (χ2v) is 13.1. The second kappa shape index (κ2) is 13.2. The van der Waals surface area contributed by atoms with Crippen LogP contribution in [0.1, 0.15) is 42.6 Å². The molecule has 4 rings (SSSR count). The maximum absolute atomic E-state index is 12.0. The number of pyridine rings is 1. The fourth-order valence-electron chi connectivity index (χ4n) is 4.07. The maximum Gasteiger partial charge on any atom is 0.266 e. The number of aryl methyl sites for hydroxylation is 1. The molecule has 1 N–H and O–H groups in total. The van der Waals surface area contributed by atoms with Crippen molar-refractivity contribution in [2.45, 2.75) is 44.0 Å². The number of benzene rings is 2. The van der Waals surface area contributed by atoms with E-state index in [9.17, 15) is 17.8 Å². The van der Waals surface area contributed by atoms with E-state index in [1.54, 1.807) is 18.3 Å². The summed E-state index contributed by atoms with van der Waals surface area (Å²) in [4.78, 5) is 15.7. The molecule has 11 heteroatoms. The summed E-state index contributed by atoms with van der Waals surface area (Å²) in [5, 5.41) is -0.327. The Morgan fingerprint density at radius 1 is 1.10 bits per heavy atom. The number of carbonyl (C=O) groups excluding carboxylic acids is 1. The lowest BCUT2D eigenvalue weighted by Gasteiger charge is -2.17. The van der Waals surface area contributed by atoms with Gasteiger partial charge in [-0.15, -0.1) is 0 Å². The zero-order valence-corrected chi connectivity index (χ0v) is 23.5. The van der Waals surface area contributed by atoms with E-state index in [4.69, 9.17) is 14.2 Å². The summed E-state index contributed by atoms with van der Waals surface area (Å²) in [6, 6.07) is 18.6. The van der Waals surface area contributed by atoms with Gasteiger partial charge in [0, 0.05) is 17.9 Å². The van der Waals surface area contributed by atoms with Gasteiger partial charge < -0.3 is 18.8 Å². The maximum atomic E-state index is 12.0. The Balaban J connectivity index is 1.26. The molecule has 3 atom stereocenters. The summed E-state index contributed by atoms with van der Waals surface area (Å²) in [5.74, 6) is 2.29. The van der Waals surface area contributed by atoms with Crippen LogP contribution in [0, 0.1) is 0 Å². The van der Waals surface area contributed by atoms with E-state index >= 15 is 0 Å². The number of carbonyl (C=O) groups is 1. The summed E-state index contributed by atoms with van der Waals surface area (Å²) in [6.45, 7) is 2.28. The van der Waals surface area contributed by atoms with Crippen molar-refractivity contribution < 1.29 is 32.0 Å². The average molecular weight is 573 g/mol. The number of ether oxygens (including phenoxy) is 3. The number of hydrogen-bond acceptors (Lipinski definition) is 8. The predicted octanol–water partition coefficient (Wildman–Crippen LogP) is 4.31. The van der Waals surface area contributed by atoms with E-state index in [0.717, 1.165) is 29.7 Å². The van der Waals surface area contributed by atoms with Gasteiger partial charge in [-0.05, 0) is 56.0 Å². The SMILES string of the molecule is C[C@@H](CCc1ccccc1Oc1ccc(OCCCS(C)(=O)=O)nc1)Oc1ccc(C2CC(=O)N[S+]2[O-])cc1. The summed E-state index contributed by atoms with van der Waals surface area (Å²) in [7, 11) is -3.01. The van der Waals surface area contributed by atoms with Crippen LogP contribution in [0.2, 0.25) is 0 Å². The molecule has 1 amide bonds. The molecule has 9 nitrogen and oxygen atoms in total. The van der Waals surface area contributed by atoms with Gasteiger partial charge in [-0.1, -0.05) is 30.3 Å². The number of aromatic nitrogens is 1. The van der Waals surface area contributed by atoms with Crippen molar-refractivity contribution in [3.8, 4) is 23.1 Å². The zero-order valence-electron chi connectivity index (χ0n) is 21.9. The van der Waals surface area contributed by atoms with E-state index in [1.807, 2.05) is 55.5 Å². The van der Waals surface area contributed by atoms with Crippen LogP contribution in [-0.4, -0.2) is 48.6 Å². The minimum Gasteiger partial charge on any atom is -0.593 e. The Kier molecular flexibility index (Phi) is 9.71. The van der Waals surface area contributed by atoms with Crippen molar-refractivity contribution in [3.05, 3.63) is 78.0 Å². The molecule has 2 unspecified atom stereocenters. The van der Waals surface area contributed by atoms with Gasteiger partial charge in [0.25, 0.3) is 5.91 Å². The highest BCUT2D eigenvalue weighted by Gasteiger charge is 2.36. The van der Waals surface area contributed by atoms with Crippen LogP contribution in [0.4, 0.5) is 0 Å². The van der Waals surface area contributed by atoms with Crippen LogP contribution in [-0.2, 0) is 32.4 Å². The highest BCUT2D eigenvalue weighted by Crippen LogP contribution is 2.31. The molecular formula is C28H32N2O7S2. The highest BCUT2D eigenvalue weighted by atomic mass is 32.2. The molecule has 1 aromatic heterocycles. The minimum absolute atomic E-state index is 0.0615. The van der Waals surface area contributed by atoms with Crippen LogP contribution < -0.4 is 18.9 Å². The number of nitrogens with one attached hydrogen (secondary N) is 1. The lowest BCUT2D eigenvalue weighted by Crippen LogP contribution is -2.21. The molecule has 208 valence electrons. The third-order valence-electron chi connectivity index (χ3n) is 6.07. The van der Waals surface area contributed by atoms with Gasteiger partial charge >= 0.3 is 0 Å². The largest absolute Gasteiger partial charge is 0.593 e. The monoisotopic (exact) mass is 572 g/mol. The Hall–Kier alpha value is -3.28. The van der Waals surface area contributed by atoms with E-state index in [1.165, 1.54) is 6.26 Å². The van der Waals surface area contributed by atoms with Crippen molar-refractivity contribution in [1.82, 2.24) is 9.71 Å². The van der Waals surface area contributed by atoms with Gasteiger partial charge in [-0.3, -0.25) is 4.79 Å². The lowest BCUT2D eigenvalue weighted by atomic mass is 10.1. The predicted molar refractivity (Wildman–Crippen MR) is 149 cm³/mol. The molecule has 2 aromatic carbocycles. The summed E-state index contributed by atoms with van der Waals surface area (Å²) in [6.07, 6.45) is 4.84. The third kappa shape index (κ3) is 8.87. The van der Waals surface area contributed by atoms with Crippen molar-refractivity contribution >= 4 is 27.1 Å². The van der Waals surface area contributed by atoms with Gasteiger partial charge in [0.05, 0.1) is 42.4 Å². The molecule has 0 radical (unpaired) electrons. The van der Waals surface area contributed by atoms with Gasteiger partial charge in [0.1, 0.15) is 27.1 Å². The molecular weight excluding hydrogens is 540 g/mol. The number of sulfone groups is 1. The molecule has 0 spiro atoms. The minimum atomic E-state index is -3.01. The molecule has 1 aliphatic heterocycles. The van der Waals surface area contributed by atoms with Crippen LogP contribution in [0.3, 0.4) is 0 Å². The average Bonchev–Trinajstić information content (AvgIpc) is 3.24. The Morgan fingerprint density at radius 3 is 2.51 bits per heavy atom. The number of para-hydroxylation sites is 1. The van der Waals surface area contributed by atoms with Crippen LogP contribution in [0.25, 0.3) is 0 Å². The van der Waals surface area contributed by atoms with E-state index < -0.39 is 21.2 Å². The Morgan fingerprint density at radius 2 is 1.85 bits per heavy atom. The molecule has 1 aliphatic rings. The number of hydrogen-bond donors (Lipinski definition) is 1. The number of amides is 1. The van der Waals surface area contributed by atoms with Crippen LogP contribution in [0.5, 0.6) is 23.1 Å². The second-order valence-electron chi connectivity index (χ2n) is 9.43. The van der Waals surface area contributed by atoms with Crippen LogP contribution >= 0.6 is 0 Å². The first-order valence-electron chi connectivity index (χ1n) is 12.7. The molecule has 1 saturated heterocycles. The molecule has 2 heterocycles. The summed E-state index contributed by atoms with van der Waals surface area (Å²) >= 11 is -1.39. The van der Waals surface area contributed by atoms with E-state index in [0.29, 0.717) is 23.8 Å². The van der Waals surface area contributed by atoms with Gasteiger partial charge in [-0.25, -0.2) is 13.4 Å². The molecule has 0 aliphatic carbocycles. The normalized spacial score (nSPS) is 17.9. The standard InChI is InChI=1S/C28H32N2O7S2/c1-20(36-23-12-10-22(11-13-23)26-18-27(31)30-38(26)32)8-9-21-6-3-4-7-25(21)37-24-14-15-28(29-19-24)35-16-5-17-39(2,33)34/h3-4,6-7,10-15,19-20,26H,5,8-9,16-18H2,1-2H3,(H,30,31)/t20-,26?,38?/m0/s1. The van der Waals surface area contributed by atoms with Gasteiger partial charge in [0.2, 0.25) is 5.88 Å². The quantitative estimate of drug-likeness (QED) is 0.237. The van der Waals surface area contributed by atoms with Crippen molar-refractivity contribution in [2.75, 3.05) is 18.6 Å². The molecule has 1 fully saturated rings. The van der Waals surface area contributed by atoms with Gasteiger partial charge in [0.15, 0.2) is 5.25 Å². The lowest BCUT2D eigenvalue weighted by molar-refractivity contribution is -0.118. The fourth-order valence-corrected chi connectivity index (χ4v) is 5.87. The molecule has 0 bridgehead atoms. The Bertz CT molecular complexity index is 1350. The van der Waals surface area contributed by atoms with E-state index in [-0.39, 0.29) is 36.0 Å². The first kappa shape index (κ1) is 28.7. The number of rotatable bonds is 13. The summed E-state index contributed by atoms with van der Waals surface area (Å²) < 4.78 is 54.5. The summed E-state index contributed by atoms with van der Waals surface area (Å²) in [5.41, 5.74) is 1.88. The molecule has 3 aromatic rings. The van der Waals surface area contributed by atoms with Crippen LogP contribution in [0.15, 0.2) is 66.9 Å². The van der Waals surface area contributed by atoms with E-state index in [2.05, 4.69) is 9.71 Å². The molecule has 0 saturated carbocycles. The topological polar surface area (TPSA) is 127 Å². The van der Waals surface area contributed by atoms with Crippen molar-refractivity contribution in [1.29, 1.82) is 0 Å². The van der Waals surface area contributed by atoms with Crippen molar-refractivity contribution in [2.24, 2.45) is 0 Å². The van der Waals surface area contributed by atoms with Crippen molar-refractivity contribution in [3.63, 3.8) is 0 Å². The zero-order chi connectivity index (χ0) is 27.8.